The fourth-order valence-corrected chi connectivity index (χ4v) is 4.13. The van der Waals surface area contributed by atoms with Gasteiger partial charge in [0.15, 0.2) is 0 Å². The van der Waals surface area contributed by atoms with Crippen LogP contribution in [0, 0.1) is 5.92 Å². The van der Waals surface area contributed by atoms with Gasteiger partial charge >= 0.3 is 0 Å². The van der Waals surface area contributed by atoms with Crippen LogP contribution in [0.3, 0.4) is 0 Å². The number of hydrogen-bond acceptors (Lipinski definition) is 4. The molecule has 2 heterocycles. The largest absolute Gasteiger partial charge is 0.354 e. The van der Waals surface area contributed by atoms with Crippen LogP contribution in [0.25, 0.3) is 0 Å². The summed E-state index contributed by atoms with van der Waals surface area (Å²) in [5, 5.41) is 10.9. The van der Waals surface area contributed by atoms with E-state index in [0.29, 0.717) is 0 Å². The second-order valence-electron chi connectivity index (χ2n) is 7.36. The molecule has 6 heteroatoms. The van der Waals surface area contributed by atoms with Crippen LogP contribution in [-0.2, 0) is 11.8 Å². The summed E-state index contributed by atoms with van der Waals surface area (Å²) in [6.07, 6.45) is 8.78. The van der Waals surface area contributed by atoms with Crippen molar-refractivity contribution in [3.8, 4) is 0 Å². The molecule has 0 unspecified atom stereocenters. The average molecular weight is 319 g/mol. The van der Waals surface area contributed by atoms with Gasteiger partial charge in [-0.1, -0.05) is 12.8 Å². The van der Waals surface area contributed by atoms with Gasteiger partial charge in [0.1, 0.15) is 0 Å². The summed E-state index contributed by atoms with van der Waals surface area (Å²) in [5.74, 6) is 0.402. The van der Waals surface area contributed by atoms with Gasteiger partial charge in [-0.05, 0) is 32.5 Å². The van der Waals surface area contributed by atoms with Crippen molar-refractivity contribution in [2.24, 2.45) is 13.0 Å². The molecule has 6 nitrogen and oxygen atoms in total. The van der Waals surface area contributed by atoms with Crippen LogP contribution in [0.2, 0.25) is 0 Å². The van der Waals surface area contributed by atoms with Gasteiger partial charge in [-0.2, -0.15) is 5.10 Å². The molecule has 0 aromatic carbocycles. The number of carbonyl (C=O) groups is 1. The molecular formula is C17H29N5O. The molecular weight excluding hydrogens is 290 g/mol. The van der Waals surface area contributed by atoms with Gasteiger partial charge in [-0.3, -0.25) is 9.48 Å². The third-order valence-corrected chi connectivity index (χ3v) is 5.78. The lowest BCUT2D eigenvalue weighted by Gasteiger charge is -2.37. The Labute approximate surface area is 138 Å². The molecule has 0 spiro atoms. The van der Waals surface area contributed by atoms with Crippen LogP contribution >= 0.6 is 0 Å². The molecule has 1 aliphatic carbocycles. The molecule has 1 saturated heterocycles. The zero-order chi connectivity index (χ0) is 16.4. The van der Waals surface area contributed by atoms with Crippen LogP contribution in [0.15, 0.2) is 12.4 Å². The van der Waals surface area contributed by atoms with Crippen LogP contribution in [0.1, 0.15) is 37.2 Å². The summed E-state index contributed by atoms with van der Waals surface area (Å²) >= 11 is 0. The smallest absolute Gasteiger partial charge is 0.225 e. The molecule has 128 valence electrons. The molecule has 0 radical (unpaired) electrons. The zero-order valence-corrected chi connectivity index (χ0v) is 14.5. The highest BCUT2D eigenvalue weighted by molar-refractivity contribution is 5.80. The van der Waals surface area contributed by atoms with Crippen molar-refractivity contribution in [3.05, 3.63) is 18.0 Å². The second-order valence-corrected chi connectivity index (χ2v) is 7.36. The molecule has 1 aliphatic heterocycles. The number of carbonyl (C=O) groups excluding carboxylic acids is 1. The van der Waals surface area contributed by atoms with Crippen molar-refractivity contribution in [1.29, 1.82) is 0 Å². The number of aromatic nitrogens is 2. The Morgan fingerprint density at radius 1 is 1.43 bits per heavy atom. The van der Waals surface area contributed by atoms with Gasteiger partial charge in [0.2, 0.25) is 5.91 Å². The van der Waals surface area contributed by atoms with Gasteiger partial charge in [0.05, 0.1) is 12.1 Å². The first-order chi connectivity index (χ1) is 11.0. The monoisotopic (exact) mass is 319 g/mol. The molecule has 1 saturated carbocycles. The van der Waals surface area contributed by atoms with E-state index in [0.717, 1.165) is 25.2 Å². The van der Waals surface area contributed by atoms with Gasteiger partial charge in [-0.25, -0.2) is 0 Å². The third-order valence-electron chi connectivity index (χ3n) is 5.78. The molecule has 23 heavy (non-hydrogen) atoms. The van der Waals surface area contributed by atoms with Crippen LogP contribution in [-0.4, -0.2) is 59.9 Å². The molecule has 1 amide bonds. The predicted molar refractivity (Wildman–Crippen MR) is 90.2 cm³/mol. The van der Waals surface area contributed by atoms with Crippen LogP contribution < -0.4 is 10.6 Å². The number of amides is 1. The van der Waals surface area contributed by atoms with E-state index in [1.807, 2.05) is 24.1 Å². The molecule has 3 rings (SSSR count). The van der Waals surface area contributed by atoms with Crippen LogP contribution in [0.4, 0.5) is 0 Å². The van der Waals surface area contributed by atoms with Crippen molar-refractivity contribution in [2.75, 3.05) is 33.7 Å². The number of nitrogens with zero attached hydrogens (tertiary/aromatic N) is 3. The van der Waals surface area contributed by atoms with E-state index in [1.54, 1.807) is 0 Å². The first-order valence-corrected chi connectivity index (χ1v) is 8.66. The molecule has 0 bridgehead atoms. The number of aryl methyl sites for hydroxylation is 1. The summed E-state index contributed by atoms with van der Waals surface area (Å²) < 4.78 is 1.81. The highest BCUT2D eigenvalue weighted by Crippen LogP contribution is 2.33. The van der Waals surface area contributed by atoms with E-state index in [-0.39, 0.29) is 23.3 Å². The maximum atomic E-state index is 12.8. The number of hydrogen-bond donors (Lipinski definition) is 2. The summed E-state index contributed by atoms with van der Waals surface area (Å²) in [5.41, 5.74) is 1.30. The van der Waals surface area contributed by atoms with E-state index >= 15 is 0 Å². The third kappa shape index (κ3) is 3.28. The van der Waals surface area contributed by atoms with Gasteiger partial charge in [0, 0.05) is 44.3 Å². The Balaban J connectivity index is 1.63. The van der Waals surface area contributed by atoms with Crippen LogP contribution in [0.5, 0.6) is 0 Å². The number of nitrogens with one attached hydrogen (secondary N) is 2. The van der Waals surface area contributed by atoms with Crippen molar-refractivity contribution in [3.63, 3.8) is 0 Å². The second kappa shape index (κ2) is 6.61. The zero-order valence-electron chi connectivity index (χ0n) is 14.5. The van der Waals surface area contributed by atoms with Gasteiger partial charge < -0.3 is 15.5 Å². The van der Waals surface area contributed by atoms with Crippen molar-refractivity contribution < 1.29 is 4.79 Å². The highest BCUT2D eigenvalue weighted by atomic mass is 16.2. The first-order valence-electron chi connectivity index (χ1n) is 8.66. The minimum atomic E-state index is -0.000171. The quantitative estimate of drug-likeness (QED) is 0.839. The minimum absolute atomic E-state index is 0.000171. The lowest BCUT2D eigenvalue weighted by Crippen LogP contribution is -2.52. The Hall–Kier alpha value is -1.40. The normalized spacial score (nSPS) is 26.8. The van der Waals surface area contributed by atoms with E-state index in [9.17, 15) is 4.79 Å². The summed E-state index contributed by atoms with van der Waals surface area (Å²) in [6, 6.07) is 0. The van der Waals surface area contributed by atoms with Crippen molar-refractivity contribution in [1.82, 2.24) is 25.3 Å². The maximum absolute atomic E-state index is 12.8. The van der Waals surface area contributed by atoms with Crippen molar-refractivity contribution >= 4 is 5.91 Å². The summed E-state index contributed by atoms with van der Waals surface area (Å²) in [7, 11) is 6.18. The fraction of sp³-hybridized carbons (Fsp3) is 0.765. The van der Waals surface area contributed by atoms with Gasteiger partial charge in [0.25, 0.3) is 0 Å². The van der Waals surface area contributed by atoms with E-state index < -0.39 is 0 Å². The Kier molecular flexibility index (Phi) is 4.73. The molecule has 2 aliphatic rings. The predicted octanol–water partition coefficient (Wildman–Crippen LogP) is 0.714. The average Bonchev–Trinajstić information content (AvgIpc) is 3.24. The topological polar surface area (TPSA) is 62.2 Å². The minimum Gasteiger partial charge on any atom is -0.354 e. The molecule has 1 aromatic rings. The maximum Gasteiger partial charge on any atom is 0.225 e. The first kappa shape index (κ1) is 16.5. The molecule has 2 fully saturated rings. The number of likely N-dealkylation sites (N-methyl/N-ethyl adjacent to an activating group) is 1. The Bertz CT molecular complexity index is 547. The molecule has 2 N–H and O–H groups in total. The van der Waals surface area contributed by atoms with Gasteiger partial charge in [-0.15, -0.1) is 0 Å². The lowest BCUT2D eigenvalue weighted by atomic mass is 9.89. The summed E-state index contributed by atoms with van der Waals surface area (Å²) in [4.78, 5) is 15.1. The van der Waals surface area contributed by atoms with E-state index in [4.69, 9.17) is 0 Å². The number of rotatable bonds is 5. The highest BCUT2D eigenvalue weighted by Gasteiger charge is 2.39. The molecule has 2 atom stereocenters. The Morgan fingerprint density at radius 2 is 2.17 bits per heavy atom. The fourth-order valence-electron chi connectivity index (χ4n) is 4.13. The Morgan fingerprint density at radius 3 is 2.78 bits per heavy atom. The summed E-state index contributed by atoms with van der Waals surface area (Å²) in [6.45, 7) is 2.36. The lowest BCUT2D eigenvalue weighted by molar-refractivity contribution is -0.125. The molecule has 1 aromatic heterocycles. The van der Waals surface area contributed by atoms with Crippen molar-refractivity contribution in [2.45, 2.75) is 37.1 Å². The standard InChI is InChI=1S/C17H29N5O/c1-21(2)17(6-4-5-7-17)12-19-16(23)15-10-18-9-14(15)13-8-20-22(3)11-13/h8,11,14-15,18H,4-7,9-10,12H2,1-3H3,(H,19,23)/t14-,15+/m1/s1. The van der Waals surface area contributed by atoms with E-state index in [1.165, 1.54) is 25.7 Å². The van der Waals surface area contributed by atoms with E-state index in [2.05, 4.69) is 34.7 Å². The SMILES string of the molecule is CN(C)C1(CNC(=O)[C@H]2CNC[C@@H]2c2cnn(C)c2)CCCC1.